The summed E-state index contributed by atoms with van der Waals surface area (Å²) in [5, 5.41) is 5.41. The van der Waals surface area contributed by atoms with Crippen LogP contribution in [0.25, 0.3) is 11.0 Å². The highest BCUT2D eigenvalue weighted by molar-refractivity contribution is 6.47. The molecule has 1 aromatic carbocycles. The Morgan fingerprint density at radius 3 is 2.53 bits per heavy atom. The van der Waals surface area contributed by atoms with Gasteiger partial charge in [0.1, 0.15) is 5.76 Å². The van der Waals surface area contributed by atoms with Crippen LogP contribution in [0.3, 0.4) is 0 Å². The third-order valence-corrected chi connectivity index (χ3v) is 3.47. The van der Waals surface area contributed by atoms with Crippen LogP contribution in [-0.4, -0.2) is 6.04 Å². The van der Waals surface area contributed by atoms with E-state index in [4.69, 9.17) is 39.2 Å². The molecule has 0 bridgehead atoms. The van der Waals surface area contributed by atoms with Crippen LogP contribution in [0.5, 0.6) is 0 Å². The van der Waals surface area contributed by atoms with Crippen molar-refractivity contribution in [2.45, 2.75) is 26.4 Å². The molecule has 0 aliphatic carbocycles. The lowest BCUT2D eigenvalue weighted by molar-refractivity contribution is 0.488. The normalized spacial score (nSPS) is 11.6. The molecule has 0 fully saturated rings. The van der Waals surface area contributed by atoms with E-state index in [0.29, 0.717) is 33.2 Å². The Morgan fingerprint density at radius 2 is 1.88 bits per heavy atom. The van der Waals surface area contributed by atoms with Gasteiger partial charge in [0.25, 0.3) is 0 Å². The summed E-state index contributed by atoms with van der Waals surface area (Å²) < 4.78 is 5.65. The van der Waals surface area contributed by atoms with E-state index >= 15 is 0 Å². The fourth-order valence-corrected chi connectivity index (χ4v) is 2.25. The highest BCUT2D eigenvalue weighted by Gasteiger charge is 2.13. The first-order chi connectivity index (χ1) is 7.99. The lowest BCUT2D eigenvalue weighted by Crippen LogP contribution is -2.21. The molecule has 0 spiro atoms. The van der Waals surface area contributed by atoms with Crippen molar-refractivity contribution in [3.63, 3.8) is 0 Å². The van der Waals surface area contributed by atoms with Gasteiger partial charge in [-0.3, -0.25) is 0 Å². The summed E-state index contributed by atoms with van der Waals surface area (Å²) in [4.78, 5) is 0. The summed E-state index contributed by atoms with van der Waals surface area (Å²) in [5.41, 5.74) is 0.585. The van der Waals surface area contributed by atoms with Crippen molar-refractivity contribution >= 4 is 45.8 Å². The summed E-state index contributed by atoms with van der Waals surface area (Å²) in [7, 11) is 0. The van der Waals surface area contributed by atoms with Gasteiger partial charge in [-0.1, -0.05) is 48.7 Å². The van der Waals surface area contributed by atoms with Gasteiger partial charge in [-0.25, -0.2) is 0 Å². The molecule has 2 aromatic rings. The minimum atomic E-state index is 0.387. The Bertz CT molecular complexity index is 548. The number of rotatable bonds is 3. The molecular weight excluding hydrogens is 280 g/mol. The molecule has 0 unspecified atom stereocenters. The van der Waals surface area contributed by atoms with Crippen molar-refractivity contribution in [2.24, 2.45) is 0 Å². The van der Waals surface area contributed by atoms with Crippen LogP contribution in [-0.2, 0) is 6.54 Å². The lowest BCUT2D eigenvalue weighted by atomic mass is 10.2. The van der Waals surface area contributed by atoms with E-state index in [9.17, 15) is 0 Å². The minimum absolute atomic E-state index is 0.387. The second-order valence-corrected chi connectivity index (χ2v) is 5.34. The van der Waals surface area contributed by atoms with Crippen LogP contribution in [0, 0.1) is 0 Å². The zero-order valence-corrected chi connectivity index (χ0v) is 11.7. The van der Waals surface area contributed by atoms with Crippen molar-refractivity contribution in [1.29, 1.82) is 0 Å². The summed E-state index contributed by atoms with van der Waals surface area (Å²) in [5.74, 6) is 0.791. The first-order valence-corrected chi connectivity index (χ1v) is 6.41. The van der Waals surface area contributed by atoms with Crippen molar-refractivity contribution < 1.29 is 4.42 Å². The number of nitrogens with one attached hydrogen (secondary N) is 1. The fraction of sp³-hybridized carbons (Fsp3) is 0.333. The molecule has 1 heterocycles. The Balaban J connectivity index is 2.43. The zero-order valence-electron chi connectivity index (χ0n) is 9.48. The average Bonchev–Trinajstić information content (AvgIpc) is 2.68. The van der Waals surface area contributed by atoms with Crippen LogP contribution in [0.2, 0.25) is 15.1 Å². The van der Waals surface area contributed by atoms with Gasteiger partial charge >= 0.3 is 0 Å². The van der Waals surface area contributed by atoms with E-state index in [2.05, 4.69) is 19.2 Å². The number of hydrogen-bond acceptors (Lipinski definition) is 2. The molecule has 0 saturated carbocycles. The third kappa shape index (κ3) is 2.71. The standard InChI is InChI=1S/C12H12Cl3NO/c1-6(2)16-5-7-3-8-11(15)9(13)4-10(14)12(8)17-7/h3-4,6,16H,5H2,1-2H3. The smallest absolute Gasteiger partial charge is 0.154 e. The van der Waals surface area contributed by atoms with Crippen LogP contribution in [0.4, 0.5) is 0 Å². The molecule has 1 N–H and O–H groups in total. The first kappa shape index (κ1) is 13.0. The van der Waals surface area contributed by atoms with Gasteiger partial charge in [-0.15, -0.1) is 0 Å². The summed E-state index contributed by atoms with van der Waals surface area (Å²) in [6, 6.07) is 3.85. The predicted octanol–water partition coefficient (Wildman–Crippen LogP) is 4.89. The van der Waals surface area contributed by atoms with Crippen molar-refractivity contribution in [2.75, 3.05) is 0 Å². The fourth-order valence-electron chi connectivity index (χ4n) is 1.54. The molecular formula is C12H12Cl3NO. The van der Waals surface area contributed by atoms with Crippen molar-refractivity contribution in [1.82, 2.24) is 5.32 Å². The van der Waals surface area contributed by atoms with Crippen LogP contribution in [0.15, 0.2) is 16.5 Å². The molecule has 5 heteroatoms. The molecule has 2 rings (SSSR count). The monoisotopic (exact) mass is 291 g/mol. The number of benzene rings is 1. The minimum Gasteiger partial charge on any atom is -0.458 e. The Labute approximate surface area is 115 Å². The predicted molar refractivity (Wildman–Crippen MR) is 73.2 cm³/mol. The van der Waals surface area contributed by atoms with E-state index < -0.39 is 0 Å². The van der Waals surface area contributed by atoms with Gasteiger partial charge < -0.3 is 9.73 Å². The number of fused-ring (bicyclic) bond motifs is 1. The van der Waals surface area contributed by atoms with Gasteiger partial charge in [0.15, 0.2) is 5.58 Å². The molecule has 92 valence electrons. The largest absolute Gasteiger partial charge is 0.458 e. The van der Waals surface area contributed by atoms with E-state index in [1.807, 2.05) is 6.07 Å². The van der Waals surface area contributed by atoms with E-state index in [-0.39, 0.29) is 0 Å². The molecule has 17 heavy (non-hydrogen) atoms. The Morgan fingerprint density at radius 1 is 1.18 bits per heavy atom. The van der Waals surface area contributed by atoms with E-state index in [1.54, 1.807) is 6.07 Å². The van der Waals surface area contributed by atoms with Gasteiger partial charge in [-0.05, 0) is 12.1 Å². The molecule has 0 radical (unpaired) electrons. The van der Waals surface area contributed by atoms with E-state index in [0.717, 1.165) is 11.1 Å². The maximum absolute atomic E-state index is 6.10. The van der Waals surface area contributed by atoms with Crippen molar-refractivity contribution in [3.05, 3.63) is 33.0 Å². The second-order valence-electron chi connectivity index (χ2n) is 4.15. The van der Waals surface area contributed by atoms with Gasteiger partial charge in [0, 0.05) is 11.4 Å². The van der Waals surface area contributed by atoms with E-state index in [1.165, 1.54) is 0 Å². The van der Waals surface area contributed by atoms with Crippen LogP contribution < -0.4 is 5.32 Å². The molecule has 0 saturated heterocycles. The van der Waals surface area contributed by atoms with Crippen molar-refractivity contribution in [3.8, 4) is 0 Å². The Hall–Kier alpha value is -0.410. The van der Waals surface area contributed by atoms with Crippen LogP contribution >= 0.6 is 34.8 Å². The zero-order chi connectivity index (χ0) is 12.6. The lowest BCUT2D eigenvalue weighted by Gasteiger charge is -2.04. The summed E-state index contributed by atoms with van der Waals surface area (Å²) in [6.07, 6.45) is 0. The Kier molecular flexibility index (Phi) is 3.88. The van der Waals surface area contributed by atoms with Gasteiger partial charge in [0.05, 0.1) is 21.6 Å². The number of hydrogen-bond donors (Lipinski definition) is 1. The maximum atomic E-state index is 6.10. The number of furan rings is 1. The molecule has 0 aliphatic heterocycles. The molecule has 0 atom stereocenters. The molecule has 0 amide bonds. The average molecular weight is 293 g/mol. The highest BCUT2D eigenvalue weighted by atomic mass is 35.5. The number of halogens is 3. The molecule has 0 aliphatic rings. The first-order valence-electron chi connectivity index (χ1n) is 5.28. The highest BCUT2D eigenvalue weighted by Crippen LogP contribution is 2.37. The SMILES string of the molecule is CC(C)NCc1cc2c(Cl)c(Cl)cc(Cl)c2o1. The summed E-state index contributed by atoms with van der Waals surface area (Å²) >= 11 is 18.1. The third-order valence-electron chi connectivity index (χ3n) is 2.38. The molecule has 1 aromatic heterocycles. The summed E-state index contributed by atoms with van der Waals surface area (Å²) in [6.45, 7) is 4.77. The van der Waals surface area contributed by atoms with Gasteiger partial charge in [-0.2, -0.15) is 0 Å². The maximum Gasteiger partial charge on any atom is 0.154 e. The topological polar surface area (TPSA) is 25.2 Å². The quantitative estimate of drug-likeness (QED) is 0.815. The van der Waals surface area contributed by atoms with Crippen LogP contribution in [0.1, 0.15) is 19.6 Å². The van der Waals surface area contributed by atoms with Gasteiger partial charge in [0.2, 0.25) is 0 Å². The second kappa shape index (κ2) is 5.07. The molecule has 2 nitrogen and oxygen atoms in total.